The minimum atomic E-state index is -3.51. The molecule has 0 radical (unpaired) electrons. The highest BCUT2D eigenvalue weighted by Gasteiger charge is 2.19. The van der Waals surface area contributed by atoms with Crippen molar-refractivity contribution in [1.29, 1.82) is 0 Å². The van der Waals surface area contributed by atoms with Crippen molar-refractivity contribution in [3.05, 3.63) is 60.4 Å². The van der Waals surface area contributed by atoms with Crippen LogP contribution in [0.5, 0.6) is 5.75 Å². The predicted octanol–water partition coefficient (Wildman–Crippen LogP) is 2.53. The van der Waals surface area contributed by atoms with E-state index in [1.807, 2.05) is 0 Å². The molecule has 2 aromatic rings. The standard InChI is InChI=1S/C15H16FNO3S/c1-17(21(18,19)15-5-3-2-4-6-15)11-12-20-14-9-7-13(16)8-10-14/h2-10H,11-12H2,1H3. The molecule has 0 saturated carbocycles. The molecule has 0 aliphatic rings. The van der Waals surface area contributed by atoms with Gasteiger partial charge in [-0.05, 0) is 36.4 Å². The molecule has 0 bridgehead atoms. The van der Waals surface area contributed by atoms with Crippen molar-refractivity contribution in [3.63, 3.8) is 0 Å². The lowest BCUT2D eigenvalue weighted by Gasteiger charge is -2.17. The van der Waals surface area contributed by atoms with Crippen molar-refractivity contribution in [1.82, 2.24) is 4.31 Å². The fourth-order valence-electron chi connectivity index (χ4n) is 1.72. The summed E-state index contributed by atoms with van der Waals surface area (Å²) in [7, 11) is -2.01. The zero-order valence-electron chi connectivity index (χ0n) is 11.6. The van der Waals surface area contributed by atoms with Gasteiger partial charge in [-0.25, -0.2) is 12.8 Å². The lowest BCUT2D eigenvalue weighted by molar-refractivity contribution is 0.286. The van der Waals surface area contributed by atoms with E-state index in [2.05, 4.69) is 0 Å². The number of likely N-dealkylation sites (N-methyl/N-ethyl adjacent to an activating group) is 1. The Morgan fingerprint density at radius 3 is 2.29 bits per heavy atom. The fourth-order valence-corrected chi connectivity index (χ4v) is 2.89. The Hall–Kier alpha value is -1.92. The summed E-state index contributed by atoms with van der Waals surface area (Å²) in [5.74, 6) is 0.160. The number of sulfonamides is 1. The summed E-state index contributed by atoms with van der Waals surface area (Å²) in [5.41, 5.74) is 0. The highest BCUT2D eigenvalue weighted by Crippen LogP contribution is 2.14. The van der Waals surface area contributed by atoms with Crippen LogP contribution in [-0.4, -0.2) is 32.9 Å². The van der Waals surface area contributed by atoms with Crippen LogP contribution in [0.1, 0.15) is 0 Å². The molecule has 2 rings (SSSR count). The third kappa shape index (κ3) is 4.03. The van der Waals surface area contributed by atoms with Gasteiger partial charge in [0.1, 0.15) is 18.2 Å². The van der Waals surface area contributed by atoms with E-state index in [1.165, 1.54) is 35.6 Å². The maximum absolute atomic E-state index is 12.7. The molecule has 4 nitrogen and oxygen atoms in total. The number of benzene rings is 2. The summed E-state index contributed by atoms with van der Waals surface area (Å²) < 4.78 is 43.8. The third-order valence-corrected chi connectivity index (χ3v) is 4.81. The monoisotopic (exact) mass is 309 g/mol. The first-order chi connectivity index (χ1) is 10.00. The first-order valence-electron chi connectivity index (χ1n) is 6.40. The molecule has 0 saturated heterocycles. The van der Waals surface area contributed by atoms with E-state index in [4.69, 9.17) is 4.74 Å². The predicted molar refractivity (Wildman–Crippen MR) is 78.2 cm³/mol. The van der Waals surface area contributed by atoms with Crippen LogP contribution in [0.15, 0.2) is 59.5 Å². The molecule has 21 heavy (non-hydrogen) atoms. The number of hydrogen-bond acceptors (Lipinski definition) is 3. The van der Waals surface area contributed by atoms with Gasteiger partial charge in [0.05, 0.1) is 4.90 Å². The van der Waals surface area contributed by atoms with Gasteiger partial charge in [0, 0.05) is 13.6 Å². The topological polar surface area (TPSA) is 46.6 Å². The van der Waals surface area contributed by atoms with Gasteiger partial charge in [-0.2, -0.15) is 4.31 Å². The molecular formula is C15H16FNO3S. The first-order valence-corrected chi connectivity index (χ1v) is 7.84. The van der Waals surface area contributed by atoms with E-state index in [9.17, 15) is 12.8 Å². The second-order valence-electron chi connectivity index (χ2n) is 4.44. The molecule has 6 heteroatoms. The van der Waals surface area contributed by atoms with Crippen molar-refractivity contribution in [2.75, 3.05) is 20.2 Å². The van der Waals surface area contributed by atoms with Crippen LogP contribution in [-0.2, 0) is 10.0 Å². The number of nitrogens with zero attached hydrogens (tertiary/aromatic N) is 1. The normalized spacial score (nSPS) is 11.6. The zero-order valence-corrected chi connectivity index (χ0v) is 12.4. The van der Waals surface area contributed by atoms with Gasteiger partial charge in [-0.3, -0.25) is 0 Å². The van der Waals surface area contributed by atoms with Gasteiger partial charge in [-0.15, -0.1) is 0 Å². The van der Waals surface area contributed by atoms with Crippen LogP contribution in [0.3, 0.4) is 0 Å². The summed E-state index contributed by atoms with van der Waals surface area (Å²) >= 11 is 0. The van der Waals surface area contributed by atoms with Gasteiger partial charge >= 0.3 is 0 Å². The molecule has 0 aromatic heterocycles. The Balaban J connectivity index is 1.92. The Morgan fingerprint density at radius 1 is 1.05 bits per heavy atom. The second-order valence-corrected chi connectivity index (χ2v) is 6.49. The highest BCUT2D eigenvalue weighted by atomic mass is 32.2. The second kappa shape index (κ2) is 6.69. The Kier molecular flexibility index (Phi) is 4.93. The number of halogens is 1. The van der Waals surface area contributed by atoms with Crippen LogP contribution < -0.4 is 4.74 Å². The van der Waals surface area contributed by atoms with Crippen molar-refractivity contribution < 1.29 is 17.5 Å². The van der Waals surface area contributed by atoms with Gasteiger partial charge in [0.2, 0.25) is 10.0 Å². The summed E-state index contributed by atoms with van der Waals surface area (Å²) in [6.45, 7) is 0.392. The molecule has 0 aliphatic carbocycles. The van der Waals surface area contributed by atoms with E-state index < -0.39 is 10.0 Å². The number of hydrogen-bond donors (Lipinski definition) is 0. The van der Waals surface area contributed by atoms with Crippen LogP contribution >= 0.6 is 0 Å². The maximum atomic E-state index is 12.7. The lowest BCUT2D eigenvalue weighted by Crippen LogP contribution is -2.30. The van der Waals surface area contributed by atoms with E-state index >= 15 is 0 Å². The lowest BCUT2D eigenvalue weighted by atomic mass is 10.3. The SMILES string of the molecule is CN(CCOc1ccc(F)cc1)S(=O)(=O)c1ccccc1. The largest absolute Gasteiger partial charge is 0.492 e. The molecular weight excluding hydrogens is 293 g/mol. The van der Waals surface area contributed by atoms with Gasteiger partial charge < -0.3 is 4.74 Å². The molecule has 0 spiro atoms. The molecule has 0 N–H and O–H groups in total. The van der Waals surface area contributed by atoms with Crippen molar-refractivity contribution >= 4 is 10.0 Å². The Morgan fingerprint density at radius 2 is 1.67 bits per heavy atom. The smallest absolute Gasteiger partial charge is 0.242 e. The van der Waals surface area contributed by atoms with Crippen LogP contribution in [0.4, 0.5) is 4.39 Å². The van der Waals surface area contributed by atoms with E-state index in [-0.39, 0.29) is 23.9 Å². The van der Waals surface area contributed by atoms with Crippen LogP contribution in [0.25, 0.3) is 0 Å². The molecule has 0 aliphatic heterocycles. The van der Waals surface area contributed by atoms with Gasteiger partial charge in [0.25, 0.3) is 0 Å². The number of ether oxygens (including phenoxy) is 1. The van der Waals surface area contributed by atoms with E-state index in [1.54, 1.807) is 30.3 Å². The van der Waals surface area contributed by atoms with Crippen molar-refractivity contribution in [2.45, 2.75) is 4.90 Å². The first kappa shape index (κ1) is 15.5. The quantitative estimate of drug-likeness (QED) is 0.824. The minimum absolute atomic E-state index is 0.189. The molecule has 2 aromatic carbocycles. The maximum Gasteiger partial charge on any atom is 0.242 e. The molecule has 0 fully saturated rings. The van der Waals surface area contributed by atoms with Crippen LogP contribution in [0.2, 0.25) is 0 Å². The molecule has 0 heterocycles. The fraction of sp³-hybridized carbons (Fsp3) is 0.200. The van der Waals surface area contributed by atoms with Gasteiger partial charge in [0.15, 0.2) is 0 Å². The molecule has 0 atom stereocenters. The van der Waals surface area contributed by atoms with E-state index in [0.29, 0.717) is 5.75 Å². The summed E-state index contributed by atoms with van der Waals surface area (Å²) in [6.07, 6.45) is 0. The third-order valence-electron chi connectivity index (χ3n) is 2.94. The zero-order chi connectivity index (χ0) is 15.3. The minimum Gasteiger partial charge on any atom is -0.492 e. The molecule has 112 valence electrons. The van der Waals surface area contributed by atoms with Gasteiger partial charge in [-0.1, -0.05) is 18.2 Å². The Bertz CT molecular complexity index is 672. The number of rotatable bonds is 6. The molecule has 0 unspecified atom stereocenters. The average molecular weight is 309 g/mol. The molecule has 0 amide bonds. The van der Waals surface area contributed by atoms with Crippen LogP contribution in [0, 0.1) is 5.82 Å². The van der Waals surface area contributed by atoms with E-state index in [0.717, 1.165) is 0 Å². The van der Waals surface area contributed by atoms with Crippen molar-refractivity contribution in [3.8, 4) is 5.75 Å². The summed E-state index contributed by atoms with van der Waals surface area (Å²) in [4.78, 5) is 0.245. The summed E-state index contributed by atoms with van der Waals surface area (Å²) in [5, 5.41) is 0. The van der Waals surface area contributed by atoms with Crippen molar-refractivity contribution in [2.24, 2.45) is 0 Å². The summed E-state index contributed by atoms with van der Waals surface area (Å²) in [6, 6.07) is 13.8. The highest BCUT2D eigenvalue weighted by molar-refractivity contribution is 7.89. The Labute approximate surface area is 123 Å². The average Bonchev–Trinajstić information content (AvgIpc) is 2.50.